The number of aromatic nitrogens is 2. The van der Waals surface area contributed by atoms with Crippen LogP contribution in [0.2, 0.25) is 0 Å². The van der Waals surface area contributed by atoms with Crippen LogP contribution in [0, 0.1) is 12.8 Å². The van der Waals surface area contributed by atoms with Gasteiger partial charge in [-0.25, -0.2) is 4.98 Å². The molecule has 4 rings (SSSR count). The lowest BCUT2D eigenvalue weighted by Gasteiger charge is -2.04. The van der Waals surface area contributed by atoms with Crippen molar-refractivity contribution < 1.29 is 18.7 Å². The number of nitrogens with zero attached hydrogens (tertiary/aromatic N) is 2. The molecule has 0 radical (unpaired) electrons. The molecule has 1 unspecified atom stereocenters. The molecule has 0 aromatic carbocycles. The highest BCUT2D eigenvalue weighted by Crippen LogP contribution is 2.34. The Bertz CT molecular complexity index is 958. The summed E-state index contributed by atoms with van der Waals surface area (Å²) in [5.74, 6) is -0.0608. The molecular formula is C19H17N3O4S. The van der Waals surface area contributed by atoms with Gasteiger partial charge in [-0.3, -0.25) is 19.9 Å². The van der Waals surface area contributed by atoms with Crippen LogP contribution in [0.5, 0.6) is 0 Å². The SMILES string of the molecule is Cc1ccc(C(=O)Nc2nc(-c3ccco3)c(C(=O)C3CCOC3)s2)cn1. The predicted molar refractivity (Wildman–Crippen MR) is 100.0 cm³/mol. The highest BCUT2D eigenvalue weighted by Gasteiger charge is 2.30. The Morgan fingerprint density at radius 2 is 2.19 bits per heavy atom. The maximum absolute atomic E-state index is 12.9. The maximum atomic E-state index is 12.9. The van der Waals surface area contributed by atoms with Gasteiger partial charge in [0.15, 0.2) is 16.7 Å². The number of furan rings is 1. The van der Waals surface area contributed by atoms with Crippen molar-refractivity contribution in [1.29, 1.82) is 0 Å². The van der Waals surface area contributed by atoms with E-state index in [1.54, 1.807) is 24.3 Å². The van der Waals surface area contributed by atoms with Gasteiger partial charge < -0.3 is 9.15 Å². The molecule has 0 saturated carbocycles. The summed E-state index contributed by atoms with van der Waals surface area (Å²) in [6, 6.07) is 6.94. The van der Waals surface area contributed by atoms with Crippen LogP contribution in [0.3, 0.4) is 0 Å². The molecule has 4 heterocycles. The van der Waals surface area contributed by atoms with Crippen LogP contribution in [0.4, 0.5) is 5.13 Å². The highest BCUT2D eigenvalue weighted by atomic mass is 32.1. The van der Waals surface area contributed by atoms with Crippen LogP contribution < -0.4 is 5.32 Å². The van der Waals surface area contributed by atoms with Crippen molar-refractivity contribution in [3.63, 3.8) is 0 Å². The minimum Gasteiger partial charge on any atom is -0.463 e. The lowest BCUT2D eigenvalue weighted by molar-refractivity contribution is 0.0904. The largest absolute Gasteiger partial charge is 0.463 e. The van der Waals surface area contributed by atoms with Gasteiger partial charge in [0, 0.05) is 24.4 Å². The van der Waals surface area contributed by atoms with Crippen molar-refractivity contribution in [2.24, 2.45) is 5.92 Å². The number of ether oxygens (including phenoxy) is 1. The second-order valence-corrected chi connectivity index (χ2v) is 7.24. The van der Waals surface area contributed by atoms with Gasteiger partial charge >= 0.3 is 0 Å². The van der Waals surface area contributed by atoms with Crippen molar-refractivity contribution in [3.8, 4) is 11.5 Å². The van der Waals surface area contributed by atoms with Gasteiger partial charge in [0.25, 0.3) is 5.91 Å². The van der Waals surface area contributed by atoms with Crippen LogP contribution in [0.1, 0.15) is 32.1 Å². The molecule has 1 amide bonds. The molecule has 1 aliphatic rings. The average molecular weight is 383 g/mol. The van der Waals surface area contributed by atoms with Crippen LogP contribution in [-0.2, 0) is 4.74 Å². The van der Waals surface area contributed by atoms with E-state index in [1.165, 1.54) is 12.5 Å². The Hall–Kier alpha value is -2.84. The van der Waals surface area contributed by atoms with Gasteiger partial charge in [-0.1, -0.05) is 11.3 Å². The average Bonchev–Trinajstić information content (AvgIpc) is 3.42. The first-order valence-electron chi connectivity index (χ1n) is 8.52. The van der Waals surface area contributed by atoms with E-state index in [1.807, 2.05) is 6.92 Å². The third kappa shape index (κ3) is 3.67. The summed E-state index contributed by atoms with van der Waals surface area (Å²) in [5, 5.41) is 3.09. The fraction of sp³-hybridized carbons (Fsp3) is 0.263. The van der Waals surface area contributed by atoms with E-state index in [4.69, 9.17) is 9.15 Å². The number of hydrogen-bond acceptors (Lipinski definition) is 7. The van der Waals surface area contributed by atoms with Crippen LogP contribution >= 0.6 is 11.3 Å². The van der Waals surface area contributed by atoms with Gasteiger partial charge in [0.1, 0.15) is 10.6 Å². The number of hydrogen-bond donors (Lipinski definition) is 1. The zero-order chi connectivity index (χ0) is 18.8. The third-order valence-corrected chi connectivity index (χ3v) is 5.29. The summed E-state index contributed by atoms with van der Waals surface area (Å²) in [5.41, 5.74) is 1.69. The van der Waals surface area contributed by atoms with E-state index in [0.717, 1.165) is 17.0 Å². The Morgan fingerprint density at radius 3 is 2.85 bits per heavy atom. The molecule has 0 aliphatic carbocycles. The van der Waals surface area contributed by atoms with Crippen molar-refractivity contribution in [1.82, 2.24) is 9.97 Å². The van der Waals surface area contributed by atoms with E-state index in [-0.39, 0.29) is 17.6 Å². The number of carbonyl (C=O) groups excluding carboxylic acids is 2. The molecule has 0 bridgehead atoms. The number of ketones is 1. The number of rotatable bonds is 5. The molecular weight excluding hydrogens is 366 g/mol. The fourth-order valence-electron chi connectivity index (χ4n) is 2.82. The van der Waals surface area contributed by atoms with Gasteiger partial charge in [0.05, 0.1) is 18.4 Å². The smallest absolute Gasteiger partial charge is 0.259 e. The first kappa shape index (κ1) is 17.6. The molecule has 27 heavy (non-hydrogen) atoms. The molecule has 3 aromatic heterocycles. The molecule has 1 atom stereocenters. The standard InChI is InChI=1S/C19H17N3O4S/c1-11-4-5-12(9-20-11)18(24)22-19-21-15(14-3-2-7-26-14)17(27-19)16(23)13-6-8-25-10-13/h2-5,7,9,13H,6,8,10H2,1H3,(H,21,22,24). The molecule has 8 heteroatoms. The van der Waals surface area contributed by atoms with Gasteiger partial charge in [-0.15, -0.1) is 0 Å². The third-order valence-electron chi connectivity index (χ3n) is 4.30. The van der Waals surface area contributed by atoms with Crippen LogP contribution in [-0.4, -0.2) is 34.9 Å². The quantitative estimate of drug-likeness (QED) is 0.677. The summed E-state index contributed by atoms with van der Waals surface area (Å²) in [4.78, 5) is 34.4. The van der Waals surface area contributed by atoms with Crippen molar-refractivity contribution in [2.45, 2.75) is 13.3 Å². The first-order chi connectivity index (χ1) is 13.1. The fourth-order valence-corrected chi connectivity index (χ4v) is 3.80. The van der Waals surface area contributed by atoms with E-state index < -0.39 is 0 Å². The molecule has 1 fully saturated rings. The lowest BCUT2D eigenvalue weighted by Crippen LogP contribution is -2.14. The normalized spacial score (nSPS) is 16.4. The summed E-state index contributed by atoms with van der Waals surface area (Å²) in [6.45, 7) is 2.84. The number of nitrogens with one attached hydrogen (secondary N) is 1. The summed E-state index contributed by atoms with van der Waals surface area (Å²) >= 11 is 1.15. The minimum absolute atomic E-state index is 0.0334. The zero-order valence-electron chi connectivity index (χ0n) is 14.6. The molecule has 7 nitrogen and oxygen atoms in total. The topological polar surface area (TPSA) is 94.3 Å². The second kappa shape index (κ2) is 7.42. The summed E-state index contributed by atoms with van der Waals surface area (Å²) < 4.78 is 10.8. The Balaban J connectivity index is 1.63. The second-order valence-electron chi connectivity index (χ2n) is 6.24. The number of aryl methyl sites for hydroxylation is 1. The monoisotopic (exact) mass is 383 g/mol. The number of amides is 1. The molecule has 3 aromatic rings. The Morgan fingerprint density at radius 1 is 1.30 bits per heavy atom. The molecule has 138 valence electrons. The predicted octanol–water partition coefficient (Wildman–Crippen LogP) is 3.58. The van der Waals surface area contributed by atoms with Gasteiger partial charge in [0.2, 0.25) is 0 Å². The van der Waals surface area contributed by atoms with Crippen molar-refractivity contribution in [2.75, 3.05) is 18.5 Å². The number of thiazole rings is 1. The Kier molecular flexibility index (Phi) is 4.83. The lowest BCUT2D eigenvalue weighted by atomic mass is 10.0. The van der Waals surface area contributed by atoms with Crippen molar-refractivity contribution >= 4 is 28.2 Å². The van der Waals surface area contributed by atoms with Gasteiger partial charge in [-0.05, 0) is 37.6 Å². The maximum Gasteiger partial charge on any atom is 0.259 e. The number of anilines is 1. The molecule has 0 spiro atoms. The van der Waals surface area contributed by atoms with E-state index in [2.05, 4.69) is 15.3 Å². The minimum atomic E-state index is -0.328. The number of Topliss-reactive ketones (excluding diaryl/α,β-unsaturated/α-hetero) is 1. The number of carbonyl (C=O) groups is 2. The summed E-state index contributed by atoms with van der Waals surface area (Å²) in [7, 11) is 0. The molecule has 1 N–H and O–H groups in total. The van der Waals surface area contributed by atoms with E-state index in [0.29, 0.717) is 46.7 Å². The number of pyridine rings is 1. The Labute approximate surface area is 159 Å². The van der Waals surface area contributed by atoms with E-state index >= 15 is 0 Å². The molecule has 1 saturated heterocycles. The first-order valence-corrected chi connectivity index (χ1v) is 9.34. The highest BCUT2D eigenvalue weighted by molar-refractivity contribution is 7.18. The summed E-state index contributed by atoms with van der Waals surface area (Å²) in [6.07, 6.45) is 3.72. The van der Waals surface area contributed by atoms with Gasteiger partial charge in [-0.2, -0.15) is 0 Å². The van der Waals surface area contributed by atoms with Crippen LogP contribution in [0.25, 0.3) is 11.5 Å². The van der Waals surface area contributed by atoms with Crippen LogP contribution in [0.15, 0.2) is 41.1 Å². The van der Waals surface area contributed by atoms with Crippen molar-refractivity contribution in [3.05, 3.63) is 52.9 Å². The van der Waals surface area contributed by atoms with E-state index in [9.17, 15) is 9.59 Å². The zero-order valence-corrected chi connectivity index (χ0v) is 15.4. The molecule has 1 aliphatic heterocycles.